The lowest BCUT2D eigenvalue weighted by atomic mass is 10.4. The van der Waals surface area contributed by atoms with Crippen molar-refractivity contribution in [1.82, 2.24) is 9.97 Å². The Morgan fingerprint density at radius 3 is 2.38 bits per heavy atom. The van der Waals surface area contributed by atoms with Gasteiger partial charge in [-0.25, -0.2) is 9.19 Å². The summed E-state index contributed by atoms with van der Waals surface area (Å²) in [6.07, 6.45) is 3.15. The van der Waals surface area contributed by atoms with Gasteiger partial charge in [-0.05, 0) is 31.2 Å². The summed E-state index contributed by atoms with van der Waals surface area (Å²) in [6.45, 7) is 1.80. The Morgan fingerprint density at radius 2 is 1.75 bits per heavy atom. The van der Waals surface area contributed by atoms with Crippen LogP contribution in [0.4, 0.5) is 0 Å². The molecule has 0 bridgehead atoms. The molecule has 0 aliphatic heterocycles. The monoisotopic (exact) mass is 296 g/mol. The second-order valence-electron chi connectivity index (χ2n) is 3.17. The number of aromatic nitrogens is 2. The molecule has 5 heteroatoms. The van der Waals surface area contributed by atoms with Gasteiger partial charge in [-0.1, -0.05) is 15.9 Å². The summed E-state index contributed by atoms with van der Waals surface area (Å²) < 4.78 is 13.1. The lowest BCUT2D eigenvalue weighted by molar-refractivity contribution is 0.678. The van der Waals surface area contributed by atoms with Crippen molar-refractivity contribution in [2.24, 2.45) is 0 Å². The molecule has 1 unspecified atom stereocenters. The van der Waals surface area contributed by atoms with Crippen molar-refractivity contribution in [3.63, 3.8) is 0 Å². The van der Waals surface area contributed by atoms with Gasteiger partial charge in [0.05, 0.1) is 5.69 Å². The zero-order chi connectivity index (χ0) is 11.5. The number of aryl methyl sites for hydroxylation is 1. The van der Waals surface area contributed by atoms with E-state index in [9.17, 15) is 4.21 Å². The standard InChI is InChI=1S/C11H9BrN2OS/c1-8-11(14-7-6-13-8)16(15)10-4-2-9(12)3-5-10/h2-7H,1H3. The lowest BCUT2D eigenvalue weighted by Gasteiger charge is -2.03. The molecule has 0 saturated heterocycles. The number of rotatable bonds is 2. The average molecular weight is 297 g/mol. The van der Waals surface area contributed by atoms with Gasteiger partial charge in [0.2, 0.25) is 0 Å². The van der Waals surface area contributed by atoms with E-state index >= 15 is 0 Å². The summed E-state index contributed by atoms with van der Waals surface area (Å²) in [5.41, 5.74) is 0.698. The molecule has 2 rings (SSSR count). The van der Waals surface area contributed by atoms with Crippen LogP contribution in [0.5, 0.6) is 0 Å². The van der Waals surface area contributed by atoms with Crippen molar-refractivity contribution in [2.45, 2.75) is 16.8 Å². The number of hydrogen-bond donors (Lipinski definition) is 0. The van der Waals surface area contributed by atoms with E-state index in [0.717, 1.165) is 9.37 Å². The molecule has 82 valence electrons. The SMILES string of the molecule is Cc1nccnc1S(=O)c1ccc(Br)cc1. The molecule has 1 atom stereocenters. The van der Waals surface area contributed by atoms with Crippen molar-refractivity contribution in [2.75, 3.05) is 0 Å². The molecule has 0 spiro atoms. The Balaban J connectivity index is 2.40. The zero-order valence-corrected chi connectivity index (χ0v) is 11.0. The minimum atomic E-state index is -1.26. The van der Waals surface area contributed by atoms with Gasteiger partial charge >= 0.3 is 0 Å². The molecule has 0 radical (unpaired) electrons. The third kappa shape index (κ3) is 2.36. The molecule has 1 heterocycles. The molecule has 2 aromatic rings. The zero-order valence-electron chi connectivity index (χ0n) is 8.55. The molecule has 0 saturated carbocycles. The highest BCUT2D eigenvalue weighted by Gasteiger charge is 2.11. The molecule has 3 nitrogen and oxygen atoms in total. The third-order valence-corrected chi connectivity index (χ3v) is 4.02. The predicted octanol–water partition coefficient (Wildman–Crippen LogP) is 2.71. The quantitative estimate of drug-likeness (QED) is 0.856. The molecule has 0 fully saturated rings. The van der Waals surface area contributed by atoms with Gasteiger partial charge in [-0.15, -0.1) is 0 Å². The van der Waals surface area contributed by atoms with Crippen LogP contribution < -0.4 is 0 Å². The lowest BCUT2D eigenvalue weighted by Crippen LogP contribution is -2.00. The Bertz CT molecular complexity index is 528. The first kappa shape index (κ1) is 11.4. The van der Waals surface area contributed by atoms with Gasteiger partial charge in [-0.2, -0.15) is 0 Å². The first-order valence-electron chi connectivity index (χ1n) is 4.63. The fourth-order valence-electron chi connectivity index (χ4n) is 1.25. The molecule has 1 aromatic heterocycles. The maximum atomic E-state index is 12.2. The summed E-state index contributed by atoms with van der Waals surface area (Å²) in [6, 6.07) is 7.35. The van der Waals surface area contributed by atoms with Crippen LogP contribution in [-0.4, -0.2) is 14.2 Å². The molecule has 16 heavy (non-hydrogen) atoms. The molecular formula is C11H9BrN2OS. The summed E-state index contributed by atoms with van der Waals surface area (Å²) in [7, 11) is -1.26. The molecule has 0 aliphatic rings. The van der Waals surface area contributed by atoms with E-state index < -0.39 is 10.8 Å². The van der Waals surface area contributed by atoms with E-state index in [1.54, 1.807) is 19.3 Å². The van der Waals surface area contributed by atoms with E-state index in [0.29, 0.717) is 10.7 Å². The fourth-order valence-corrected chi connectivity index (χ4v) is 2.60. The Hall–Kier alpha value is -1.07. The third-order valence-electron chi connectivity index (χ3n) is 2.04. The van der Waals surface area contributed by atoms with Gasteiger partial charge < -0.3 is 0 Å². The van der Waals surface area contributed by atoms with E-state index in [1.165, 1.54) is 0 Å². The van der Waals surface area contributed by atoms with E-state index in [2.05, 4.69) is 25.9 Å². The Kier molecular flexibility index (Phi) is 3.46. The maximum Gasteiger partial charge on any atom is 0.153 e. The highest BCUT2D eigenvalue weighted by molar-refractivity contribution is 9.10. The van der Waals surface area contributed by atoms with Crippen LogP contribution in [0, 0.1) is 6.92 Å². The van der Waals surface area contributed by atoms with Crippen LogP contribution in [0.15, 0.2) is 51.1 Å². The van der Waals surface area contributed by atoms with Gasteiger partial charge in [0, 0.05) is 21.8 Å². The smallest absolute Gasteiger partial charge is 0.153 e. The van der Waals surface area contributed by atoms with Crippen molar-refractivity contribution >= 4 is 26.7 Å². The number of benzene rings is 1. The van der Waals surface area contributed by atoms with Crippen molar-refractivity contribution in [3.8, 4) is 0 Å². The minimum absolute atomic E-state index is 0.518. The first-order chi connectivity index (χ1) is 7.68. The molecular weight excluding hydrogens is 288 g/mol. The summed E-state index contributed by atoms with van der Waals surface area (Å²) in [5, 5.41) is 0.518. The van der Waals surface area contributed by atoms with E-state index in [4.69, 9.17) is 0 Å². The van der Waals surface area contributed by atoms with Crippen LogP contribution in [-0.2, 0) is 10.8 Å². The number of halogens is 1. The fraction of sp³-hybridized carbons (Fsp3) is 0.0909. The topological polar surface area (TPSA) is 42.9 Å². The molecule has 0 amide bonds. The van der Waals surface area contributed by atoms with E-state index in [-0.39, 0.29) is 0 Å². The van der Waals surface area contributed by atoms with Crippen LogP contribution in [0.1, 0.15) is 5.69 Å². The second kappa shape index (κ2) is 4.84. The molecule has 1 aromatic carbocycles. The summed E-state index contributed by atoms with van der Waals surface area (Å²) in [5.74, 6) is 0. The van der Waals surface area contributed by atoms with Crippen LogP contribution in [0.3, 0.4) is 0 Å². The number of hydrogen-bond acceptors (Lipinski definition) is 3. The Labute approximate surface area is 105 Å². The average Bonchev–Trinajstić information content (AvgIpc) is 2.30. The van der Waals surface area contributed by atoms with Gasteiger partial charge in [0.15, 0.2) is 5.03 Å². The summed E-state index contributed by atoms with van der Waals surface area (Å²) >= 11 is 3.34. The summed E-state index contributed by atoms with van der Waals surface area (Å²) in [4.78, 5) is 8.91. The van der Waals surface area contributed by atoms with E-state index in [1.807, 2.05) is 24.3 Å². The Morgan fingerprint density at radius 1 is 1.12 bits per heavy atom. The minimum Gasteiger partial charge on any atom is -0.257 e. The van der Waals surface area contributed by atoms with Gasteiger partial charge in [0.1, 0.15) is 10.8 Å². The van der Waals surface area contributed by atoms with Crippen LogP contribution in [0.25, 0.3) is 0 Å². The van der Waals surface area contributed by atoms with Gasteiger partial charge in [0.25, 0.3) is 0 Å². The highest BCUT2D eigenvalue weighted by atomic mass is 79.9. The van der Waals surface area contributed by atoms with Crippen molar-refractivity contribution in [3.05, 3.63) is 46.8 Å². The van der Waals surface area contributed by atoms with Crippen LogP contribution in [0.2, 0.25) is 0 Å². The first-order valence-corrected chi connectivity index (χ1v) is 6.58. The largest absolute Gasteiger partial charge is 0.257 e. The highest BCUT2D eigenvalue weighted by Crippen LogP contribution is 2.18. The molecule has 0 N–H and O–H groups in total. The van der Waals surface area contributed by atoms with Crippen molar-refractivity contribution in [1.29, 1.82) is 0 Å². The number of nitrogens with zero attached hydrogens (tertiary/aromatic N) is 2. The predicted molar refractivity (Wildman–Crippen MR) is 65.6 cm³/mol. The second-order valence-corrected chi connectivity index (χ2v) is 5.48. The van der Waals surface area contributed by atoms with Gasteiger partial charge in [-0.3, -0.25) is 4.98 Å². The van der Waals surface area contributed by atoms with Crippen LogP contribution >= 0.6 is 15.9 Å². The molecule has 0 aliphatic carbocycles. The normalized spacial score (nSPS) is 12.4. The maximum absolute atomic E-state index is 12.2. The van der Waals surface area contributed by atoms with Crippen molar-refractivity contribution < 1.29 is 4.21 Å².